The minimum atomic E-state index is 0.0354. The molecule has 0 unspecified atom stereocenters. The molecule has 1 aromatic heterocycles. The average molecular weight is 304 g/mol. The largest absolute Gasteiger partial charge is 0.493 e. The third kappa shape index (κ3) is 2.58. The fourth-order valence-corrected chi connectivity index (χ4v) is 3.35. The van der Waals surface area contributed by atoms with Crippen molar-refractivity contribution in [3.8, 4) is 11.5 Å². The third-order valence-electron chi connectivity index (χ3n) is 3.38. The molecule has 1 aromatic carbocycles. The molecular weight excluding hydrogens is 288 g/mol. The van der Waals surface area contributed by atoms with E-state index in [2.05, 4.69) is 4.99 Å². The highest BCUT2D eigenvalue weighted by Crippen LogP contribution is 2.27. The van der Waals surface area contributed by atoms with Gasteiger partial charge in [-0.05, 0) is 30.2 Å². The quantitative estimate of drug-likeness (QED) is 0.842. The van der Waals surface area contributed by atoms with Crippen molar-refractivity contribution in [3.63, 3.8) is 0 Å². The van der Waals surface area contributed by atoms with Crippen LogP contribution in [0.1, 0.15) is 12.0 Å². The van der Waals surface area contributed by atoms with Gasteiger partial charge in [0.15, 0.2) is 16.3 Å². The number of methoxy groups -OCH3 is 2. The van der Waals surface area contributed by atoms with Crippen LogP contribution in [0, 0.1) is 0 Å². The summed E-state index contributed by atoms with van der Waals surface area (Å²) in [7, 11) is 3.20. The Labute approximate surface area is 125 Å². The molecule has 2 aromatic rings. The summed E-state index contributed by atoms with van der Waals surface area (Å²) in [5, 5.41) is 0. The Bertz CT molecular complexity index is 836. The maximum atomic E-state index is 12.3. The highest BCUT2D eigenvalue weighted by Gasteiger charge is 2.09. The molecule has 2 heterocycles. The molecule has 0 aliphatic carbocycles. The van der Waals surface area contributed by atoms with Gasteiger partial charge < -0.3 is 9.47 Å². The highest BCUT2D eigenvalue weighted by atomic mass is 32.1. The van der Waals surface area contributed by atoms with Gasteiger partial charge in [0.1, 0.15) is 0 Å². The van der Waals surface area contributed by atoms with Gasteiger partial charge in [-0.3, -0.25) is 14.4 Å². The minimum Gasteiger partial charge on any atom is -0.493 e. The zero-order valence-electron chi connectivity index (χ0n) is 12.0. The molecule has 0 fully saturated rings. The first-order valence-corrected chi connectivity index (χ1v) is 7.52. The van der Waals surface area contributed by atoms with Gasteiger partial charge in [-0.2, -0.15) is 0 Å². The molecule has 110 valence electrons. The normalized spacial score (nSPS) is 14.5. The summed E-state index contributed by atoms with van der Waals surface area (Å²) in [4.78, 5) is 17.5. The van der Waals surface area contributed by atoms with Gasteiger partial charge >= 0.3 is 0 Å². The van der Waals surface area contributed by atoms with Gasteiger partial charge in [0.05, 0.1) is 18.8 Å². The van der Waals surface area contributed by atoms with Crippen molar-refractivity contribution in [2.45, 2.75) is 13.0 Å². The van der Waals surface area contributed by atoms with Crippen molar-refractivity contribution in [2.75, 3.05) is 20.8 Å². The standard InChI is InChI=1S/C15H16N2O3S/c1-19-11-5-4-10(8-12(11)20-2)9-13-14(18)17-7-3-6-16-15(17)21-13/h4-5,8-9H,3,6-7H2,1-2H3. The summed E-state index contributed by atoms with van der Waals surface area (Å²) in [5.74, 6) is 1.32. The van der Waals surface area contributed by atoms with Crippen LogP contribution in [-0.4, -0.2) is 25.3 Å². The number of aromatic nitrogens is 1. The average Bonchev–Trinajstić information content (AvgIpc) is 2.84. The first-order chi connectivity index (χ1) is 10.2. The monoisotopic (exact) mass is 304 g/mol. The fraction of sp³-hybridized carbons (Fsp3) is 0.333. The lowest BCUT2D eigenvalue weighted by Gasteiger charge is -2.07. The van der Waals surface area contributed by atoms with Gasteiger partial charge in [-0.15, -0.1) is 0 Å². The Balaban J connectivity index is 2.11. The number of nitrogens with zero attached hydrogens (tertiary/aromatic N) is 2. The summed E-state index contributed by atoms with van der Waals surface area (Å²) in [6, 6.07) is 5.60. The molecule has 5 nitrogen and oxygen atoms in total. The van der Waals surface area contributed by atoms with Crippen LogP contribution in [0.2, 0.25) is 0 Å². The van der Waals surface area contributed by atoms with Crippen LogP contribution in [0.15, 0.2) is 28.0 Å². The predicted molar refractivity (Wildman–Crippen MR) is 82.0 cm³/mol. The summed E-state index contributed by atoms with van der Waals surface area (Å²) in [6.07, 6.45) is 2.80. The fourth-order valence-electron chi connectivity index (χ4n) is 2.32. The van der Waals surface area contributed by atoms with E-state index in [4.69, 9.17) is 9.47 Å². The Morgan fingerprint density at radius 3 is 2.81 bits per heavy atom. The molecule has 0 atom stereocenters. The van der Waals surface area contributed by atoms with Gasteiger partial charge in [-0.25, -0.2) is 0 Å². The van der Waals surface area contributed by atoms with E-state index in [-0.39, 0.29) is 5.56 Å². The number of ether oxygens (including phenoxy) is 2. The minimum absolute atomic E-state index is 0.0354. The molecule has 6 heteroatoms. The molecule has 3 rings (SSSR count). The molecule has 0 spiro atoms. The van der Waals surface area contributed by atoms with E-state index in [1.165, 1.54) is 11.3 Å². The number of hydrogen-bond donors (Lipinski definition) is 0. The maximum absolute atomic E-state index is 12.3. The van der Waals surface area contributed by atoms with Crippen LogP contribution in [0.3, 0.4) is 0 Å². The van der Waals surface area contributed by atoms with E-state index in [1.807, 2.05) is 24.3 Å². The number of benzene rings is 1. The molecule has 1 aliphatic heterocycles. The predicted octanol–water partition coefficient (Wildman–Crippen LogP) is 0.779. The zero-order valence-corrected chi connectivity index (χ0v) is 12.8. The van der Waals surface area contributed by atoms with Gasteiger partial charge in [0.25, 0.3) is 5.56 Å². The molecule has 0 amide bonds. The molecule has 0 N–H and O–H groups in total. The number of fused-ring (bicyclic) bond motifs is 1. The zero-order chi connectivity index (χ0) is 14.8. The van der Waals surface area contributed by atoms with Crippen LogP contribution in [0.25, 0.3) is 6.08 Å². The lowest BCUT2D eigenvalue weighted by molar-refractivity contribution is 0.355. The van der Waals surface area contributed by atoms with E-state index in [0.717, 1.165) is 29.9 Å². The van der Waals surface area contributed by atoms with E-state index in [1.54, 1.807) is 18.8 Å². The number of thiazole rings is 1. The lowest BCUT2D eigenvalue weighted by atomic mass is 10.2. The van der Waals surface area contributed by atoms with E-state index >= 15 is 0 Å². The summed E-state index contributed by atoms with van der Waals surface area (Å²) in [5.41, 5.74) is 0.942. The summed E-state index contributed by atoms with van der Waals surface area (Å²) >= 11 is 1.44. The smallest absolute Gasteiger partial charge is 0.270 e. The van der Waals surface area contributed by atoms with Crippen LogP contribution >= 0.6 is 11.3 Å². The van der Waals surface area contributed by atoms with Crippen molar-refractivity contribution in [2.24, 2.45) is 4.99 Å². The van der Waals surface area contributed by atoms with Crippen molar-refractivity contribution < 1.29 is 9.47 Å². The molecule has 1 aliphatic rings. The maximum Gasteiger partial charge on any atom is 0.270 e. The second-order valence-corrected chi connectivity index (χ2v) is 5.71. The second-order valence-electron chi connectivity index (χ2n) is 4.70. The Morgan fingerprint density at radius 1 is 1.29 bits per heavy atom. The van der Waals surface area contributed by atoms with E-state index in [0.29, 0.717) is 16.0 Å². The second kappa shape index (κ2) is 5.73. The Morgan fingerprint density at radius 2 is 2.10 bits per heavy atom. The molecule has 0 saturated carbocycles. The van der Waals surface area contributed by atoms with Crippen LogP contribution in [0.4, 0.5) is 0 Å². The van der Waals surface area contributed by atoms with Crippen molar-refractivity contribution in [3.05, 3.63) is 43.5 Å². The molecule has 21 heavy (non-hydrogen) atoms. The molecule has 0 radical (unpaired) electrons. The topological polar surface area (TPSA) is 52.8 Å². The van der Waals surface area contributed by atoms with Crippen molar-refractivity contribution >= 4 is 17.4 Å². The van der Waals surface area contributed by atoms with E-state index < -0.39 is 0 Å². The van der Waals surface area contributed by atoms with E-state index in [9.17, 15) is 4.79 Å². The van der Waals surface area contributed by atoms with Crippen LogP contribution in [0.5, 0.6) is 11.5 Å². The SMILES string of the molecule is COc1ccc(C=c2sc3n(c2=O)CCCN=3)cc1OC. The third-order valence-corrected chi connectivity index (χ3v) is 4.42. The Kier molecular flexibility index (Phi) is 3.79. The van der Waals surface area contributed by atoms with Crippen LogP contribution < -0.4 is 24.4 Å². The highest BCUT2D eigenvalue weighted by molar-refractivity contribution is 7.07. The lowest BCUT2D eigenvalue weighted by Crippen LogP contribution is -2.33. The Hall–Kier alpha value is -2.08. The number of rotatable bonds is 3. The van der Waals surface area contributed by atoms with Gasteiger partial charge in [-0.1, -0.05) is 17.4 Å². The molecule has 0 bridgehead atoms. The van der Waals surface area contributed by atoms with Crippen molar-refractivity contribution in [1.82, 2.24) is 4.57 Å². The molecule has 0 saturated heterocycles. The summed E-state index contributed by atoms with van der Waals surface area (Å²) < 4.78 is 12.9. The van der Waals surface area contributed by atoms with Gasteiger partial charge in [0.2, 0.25) is 0 Å². The molecular formula is C15H16N2O3S. The first kappa shape index (κ1) is 13.9. The van der Waals surface area contributed by atoms with Gasteiger partial charge in [0, 0.05) is 13.1 Å². The van der Waals surface area contributed by atoms with Crippen molar-refractivity contribution in [1.29, 1.82) is 0 Å². The summed E-state index contributed by atoms with van der Waals surface area (Å²) in [6.45, 7) is 1.56. The number of hydrogen-bond acceptors (Lipinski definition) is 5. The van der Waals surface area contributed by atoms with Crippen LogP contribution in [-0.2, 0) is 6.54 Å². The first-order valence-electron chi connectivity index (χ1n) is 6.71.